The van der Waals surface area contributed by atoms with Crippen molar-refractivity contribution in [2.24, 2.45) is 0 Å². The predicted octanol–water partition coefficient (Wildman–Crippen LogP) is 3.65. The summed E-state index contributed by atoms with van der Waals surface area (Å²) in [6, 6.07) is 6.56. The van der Waals surface area contributed by atoms with Crippen molar-refractivity contribution in [1.29, 1.82) is 0 Å². The SMILES string of the molecule is C=CCOc1cc(OCC=C)c(C(=O)c2ccc(OC)c(OCCOC)c2)c(CC(=O)N(CCO)CCOC)c1CC. The number of aliphatic hydroxyl groups is 1. The molecule has 1 amide bonds. The molecule has 2 rings (SSSR count). The molecule has 0 atom stereocenters. The minimum Gasteiger partial charge on any atom is -0.493 e. The van der Waals surface area contributed by atoms with Crippen molar-refractivity contribution in [2.75, 3.05) is 74.1 Å². The zero-order chi connectivity index (χ0) is 30.9. The summed E-state index contributed by atoms with van der Waals surface area (Å²) in [5.74, 6) is 0.927. The fourth-order valence-electron chi connectivity index (χ4n) is 4.35. The Hall–Kier alpha value is -3.86. The first-order valence-corrected chi connectivity index (χ1v) is 13.8. The summed E-state index contributed by atoms with van der Waals surface area (Å²) < 4.78 is 33.4. The molecule has 0 aliphatic rings. The summed E-state index contributed by atoms with van der Waals surface area (Å²) in [4.78, 5) is 29.4. The van der Waals surface area contributed by atoms with Gasteiger partial charge in [-0.1, -0.05) is 32.2 Å². The van der Waals surface area contributed by atoms with E-state index in [1.807, 2.05) is 6.92 Å². The molecule has 0 heterocycles. The van der Waals surface area contributed by atoms with Crippen LogP contribution in [0.5, 0.6) is 23.0 Å². The van der Waals surface area contributed by atoms with E-state index < -0.39 is 0 Å². The molecule has 0 saturated carbocycles. The molecule has 2 aromatic carbocycles. The number of benzene rings is 2. The molecule has 0 unspecified atom stereocenters. The Labute approximate surface area is 248 Å². The Bertz CT molecular complexity index is 1190. The number of hydrogen-bond donors (Lipinski definition) is 1. The second-order valence-electron chi connectivity index (χ2n) is 9.07. The molecule has 0 bridgehead atoms. The van der Waals surface area contributed by atoms with E-state index in [9.17, 15) is 14.7 Å². The number of hydrogen-bond acceptors (Lipinski definition) is 9. The number of ketones is 1. The normalized spacial score (nSPS) is 10.6. The van der Waals surface area contributed by atoms with Crippen LogP contribution in [0.15, 0.2) is 49.6 Å². The van der Waals surface area contributed by atoms with Crippen molar-refractivity contribution in [2.45, 2.75) is 19.8 Å². The van der Waals surface area contributed by atoms with E-state index in [1.54, 1.807) is 50.6 Å². The zero-order valence-electron chi connectivity index (χ0n) is 25.1. The molecule has 0 fully saturated rings. The van der Waals surface area contributed by atoms with Gasteiger partial charge in [0, 0.05) is 38.9 Å². The van der Waals surface area contributed by atoms with E-state index in [-0.39, 0.29) is 68.9 Å². The van der Waals surface area contributed by atoms with Crippen molar-refractivity contribution < 1.29 is 43.1 Å². The van der Waals surface area contributed by atoms with Gasteiger partial charge in [-0.3, -0.25) is 9.59 Å². The highest BCUT2D eigenvalue weighted by Gasteiger charge is 2.28. The molecular formula is C32H43NO9. The number of methoxy groups -OCH3 is 3. The van der Waals surface area contributed by atoms with Gasteiger partial charge in [-0.05, 0) is 35.7 Å². The lowest BCUT2D eigenvalue weighted by Gasteiger charge is -2.25. The summed E-state index contributed by atoms with van der Waals surface area (Å²) in [6.07, 6.45) is 3.53. The number of ether oxygens (including phenoxy) is 6. The summed E-state index contributed by atoms with van der Waals surface area (Å²) in [5, 5.41) is 9.59. The molecule has 10 heteroatoms. The molecule has 0 aliphatic heterocycles. The van der Waals surface area contributed by atoms with Crippen molar-refractivity contribution in [1.82, 2.24) is 4.90 Å². The topological polar surface area (TPSA) is 113 Å². The van der Waals surface area contributed by atoms with E-state index >= 15 is 0 Å². The lowest BCUT2D eigenvalue weighted by Crippen LogP contribution is -2.37. The monoisotopic (exact) mass is 585 g/mol. The Morgan fingerprint density at radius 1 is 0.833 bits per heavy atom. The first-order valence-electron chi connectivity index (χ1n) is 13.8. The van der Waals surface area contributed by atoms with Crippen LogP contribution in [0.3, 0.4) is 0 Å². The lowest BCUT2D eigenvalue weighted by atomic mass is 9.89. The van der Waals surface area contributed by atoms with Gasteiger partial charge in [0.05, 0.1) is 38.9 Å². The van der Waals surface area contributed by atoms with Gasteiger partial charge < -0.3 is 38.4 Å². The van der Waals surface area contributed by atoms with Crippen molar-refractivity contribution in [3.05, 3.63) is 71.8 Å². The Morgan fingerprint density at radius 3 is 2.12 bits per heavy atom. The summed E-state index contributed by atoms with van der Waals surface area (Å²) in [5.41, 5.74) is 1.72. The van der Waals surface area contributed by atoms with Crippen LogP contribution in [0, 0.1) is 0 Å². The summed E-state index contributed by atoms with van der Waals surface area (Å²) >= 11 is 0. The summed E-state index contributed by atoms with van der Waals surface area (Å²) in [7, 11) is 4.63. The fraction of sp³-hybridized carbons (Fsp3) is 0.438. The lowest BCUT2D eigenvalue weighted by molar-refractivity contribution is -0.131. The molecule has 1 N–H and O–H groups in total. The third-order valence-electron chi connectivity index (χ3n) is 6.35. The highest BCUT2D eigenvalue weighted by molar-refractivity contribution is 6.13. The number of carbonyl (C=O) groups is 2. The molecular weight excluding hydrogens is 542 g/mol. The van der Waals surface area contributed by atoms with Gasteiger partial charge >= 0.3 is 0 Å². The Balaban J connectivity index is 2.77. The maximum absolute atomic E-state index is 14.3. The minimum absolute atomic E-state index is 0.124. The highest BCUT2D eigenvalue weighted by Crippen LogP contribution is 2.38. The van der Waals surface area contributed by atoms with Gasteiger partial charge in [0.1, 0.15) is 31.3 Å². The van der Waals surface area contributed by atoms with Crippen LogP contribution in [-0.2, 0) is 27.1 Å². The van der Waals surface area contributed by atoms with E-state index in [0.29, 0.717) is 53.6 Å². The average Bonchev–Trinajstić information content (AvgIpc) is 3.00. The first-order chi connectivity index (χ1) is 20.4. The van der Waals surface area contributed by atoms with Crippen LogP contribution in [-0.4, -0.2) is 95.8 Å². The molecule has 0 spiro atoms. The first kappa shape index (κ1) is 34.3. The number of nitrogens with zero attached hydrogens (tertiary/aromatic N) is 1. The van der Waals surface area contributed by atoms with Crippen LogP contribution in [0.1, 0.15) is 34.0 Å². The minimum atomic E-state index is -0.369. The van der Waals surface area contributed by atoms with Gasteiger partial charge in [0.25, 0.3) is 0 Å². The van der Waals surface area contributed by atoms with Gasteiger partial charge in [-0.15, -0.1) is 0 Å². The van der Waals surface area contributed by atoms with Crippen molar-refractivity contribution >= 4 is 11.7 Å². The molecule has 0 saturated heterocycles. The smallest absolute Gasteiger partial charge is 0.227 e. The predicted molar refractivity (Wildman–Crippen MR) is 160 cm³/mol. The largest absolute Gasteiger partial charge is 0.493 e. The number of amides is 1. The number of aliphatic hydroxyl groups excluding tert-OH is 1. The third kappa shape index (κ3) is 9.34. The molecule has 42 heavy (non-hydrogen) atoms. The Kier molecular flexibility index (Phi) is 15.2. The van der Waals surface area contributed by atoms with Crippen molar-refractivity contribution in [3.63, 3.8) is 0 Å². The number of rotatable bonds is 21. The van der Waals surface area contributed by atoms with E-state index in [1.165, 1.54) is 12.0 Å². The van der Waals surface area contributed by atoms with Crippen molar-refractivity contribution in [3.8, 4) is 23.0 Å². The van der Waals surface area contributed by atoms with Gasteiger partial charge in [0.2, 0.25) is 5.91 Å². The molecule has 2 aromatic rings. The van der Waals surface area contributed by atoms with Gasteiger partial charge in [0.15, 0.2) is 17.3 Å². The fourth-order valence-corrected chi connectivity index (χ4v) is 4.35. The molecule has 0 radical (unpaired) electrons. The molecule has 0 aliphatic carbocycles. The van der Waals surface area contributed by atoms with Crippen LogP contribution < -0.4 is 18.9 Å². The maximum Gasteiger partial charge on any atom is 0.227 e. The van der Waals surface area contributed by atoms with Gasteiger partial charge in [-0.2, -0.15) is 0 Å². The zero-order valence-corrected chi connectivity index (χ0v) is 25.1. The van der Waals surface area contributed by atoms with E-state index in [2.05, 4.69) is 13.2 Å². The maximum atomic E-state index is 14.3. The third-order valence-corrected chi connectivity index (χ3v) is 6.35. The Morgan fingerprint density at radius 2 is 1.52 bits per heavy atom. The van der Waals surface area contributed by atoms with Crippen LogP contribution in [0.25, 0.3) is 0 Å². The average molecular weight is 586 g/mol. The van der Waals surface area contributed by atoms with Gasteiger partial charge in [-0.25, -0.2) is 0 Å². The molecule has 230 valence electrons. The standard InChI is InChI=1S/C32H43NO9/c1-7-15-40-27-22-29(41-16-8-2)31(25(24(27)9-3)21-30(35)33(12-14-34)13-17-37-4)32(36)23-10-11-26(39-6)28(20-23)42-19-18-38-5/h7-8,10-11,20,22,34H,1-2,9,12-19,21H2,3-6H3. The quantitative estimate of drug-likeness (QED) is 0.133. The second-order valence-corrected chi connectivity index (χ2v) is 9.07. The summed E-state index contributed by atoms with van der Waals surface area (Å²) in [6.45, 7) is 10.8. The number of carbonyl (C=O) groups excluding carboxylic acids is 2. The van der Waals surface area contributed by atoms with Crippen LogP contribution >= 0.6 is 0 Å². The van der Waals surface area contributed by atoms with Crippen LogP contribution in [0.2, 0.25) is 0 Å². The molecule has 10 nitrogen and oxygen atoms in total. The highest BCUT2D eigenvalue weighted by atomic mass is 16.5. The van der Waals surface area contributed by atoms with E-state index in [0.717, 1.165) is 0 Å². The molecule has 0 aromatic heterocycles. The van der Waals surface area contributed by atoms with E-state index in [4.69, 9.17) is 28.4 Å². The second kappa shape index (κ2) is 18.5. The van der Waals surface area contributed by atoms with Crippen LogP contribution in [0.4, 0.5) is 0 Å².